The number of unbranched alkanes of at least 4 members (excludes halogenated alkanes) is 1. The zero-order chi connectivity index (χ0) is 28.0. The molecule has 0 fully saturated rings. The normalized spacial score (nSPS) is 15.2. The smallest absolute Gasteiger partial charge is 0.416 e. The molecule has 0 saturated carbocycles. The highest BCUT2D eigenvalue weighted by Crippen LogP contribution is 2.42. The van der Waals surface area contributed by atoms with Crippen LogP contribution in [-0.2, 0) is 15.8 Å². The number of nitrogens with zero attached hydrogens (tertiary/aromatic N) is 1. The Labute approximate surface area is 230 Å². The summed E-state index contributed by atoms with van der Waals surface area (Å²) in [7, 11) is 0. The van der Waals surface area contributed by atoms with Crippen LogP contribution < -0.4 is 15.0 Å². The minimum atomic E-state index is -4.44. The molecule has 0 bridgehead atoms. The molecule has 3 aromatic rings. The third-order valence-electron chi connectivity index (χ3n) is 6.19. The van der Waals surface area contributed by atoms with Gasteiger partial charge in [-0.2, -0.15) is 13.2 Å². The van der Waals surface area contributed by atoms with Crippen molar-refractivity contribution in [1.29, 1.82) is 0 Å². The second kappa shape index (κ2) is 12.4. The summed E-state index contributed by atoms with van der Waals surface area (Å²) in [6, 6.07) is 19.1. The molecule has 9 heteroatoms. The van der Waals surface area contributed by atoms with E-state index in [0.29, 0.717) is 22.8 Å². The maximum Gasteiger partial charge on any atom is 0.416 e. The number of ether oxygens (including phenoxy) is 1. The van der Waals surface area contributed by atoms with Crippen molar-refractivity contribution in [2.45, 2.75) is 43.8 Å². The average molecular weight is 555 g/mol. The van der Waals surface area contributed by atoms with E-state index in [4.69, 9.17) is 4.74 Å². The van der Waals surface area contributed by atoms with E-state index in [0.717, 1.165) is 41.2 Å². The number of para-hydroxylation sites is 1. The van der Waals surface area contributed by atoms with Gasteiger partial charge in [-0.3, -0.25) is 14.5 Å². The lowest BCUT2D eigenvalue weighted by Crippen LogP contribution is -2.43. The molecule has 1 N–H and O–H groups in total. The van der Waals surface area contributed by atoms with E-state index in [1.807, 2.05) is 43.3 Å². The first kappa shape index (κ1) is 28.3. The Balaban J connectivity index is 1.47. The average Bonchev–Trinajstić information content (AvgIpc) is 2.91. The van der Waals surface area contributed by atoms with Crippen LogP contribution in [0, 0.1) is 0 Å². The molecule has 2 amide bonds. The topological polar surface area (TPSA) is 58.6 Å². The van der Waals surface area contributed by atoms with Crippen molar-refractivity contribution in [3.8, 4) is 5.75 Å². The molecule has 0 radical (unpaired) electrons. The van der Waals surface area contributed by atoms with Crippen LogP contribution in [0.4, 0.5) is 18.9 Å². The lowest BCUT2D eigenvalue weighted by Gasteiger charge is -2.30. The van der Waals surface area contributed by atoms with Crippen LogP contribution in [0.2, 0.25) is 0 Å². The van der Waals surface area contributed by atoms with E-state index < -0.39 is 17.6 Å². The maximum absolute atomic E-state index is 13.4. The van der Waals surface area contributed by atoms with Crippen LogP contribution in [0.25, 0.3) is 6.08 Å². The number of alkyl halides is 3. The molecule has 0 aromatic heterocycles. The second-order valence-electron chi connectivity index (χ2n) is 9.15. The molecule has 204 valence electrons. The number of rotatable bonds is 9. The third kappa shape index (κ3) is 7.23. The SMILES string of the molecule is CCCCOc1ccc([C@H](C)NC(=O)CN2C(=O)/C(=C/c3ccc(C(F)(F)F)cc3)Sc3ccccc32)cc1. The van der Waals surface area contributed by atoms with Gasteiger partial charge in [0.2, 0.25) is 5.91 Å². The predicted octanol–water partition coefficient (Wildman–Crippen LogP) is 7.24. The molecule has 1 aliphatic heterocycles. The fourth-order valence-corrected chi connectivity index (χ4v) is 5.10. The van der Waals surface area contributed by atoms with Gasteiger partial charge in [-0.15, -0.1) is 0 Å². The number of nitrogens with one attached hydrogen (secondary N) is 1. The highest BCUT2D eigenvalue weighted by atomic mass is 32.2. The molecular formula is C30H29F3N2O3S. The highest BCUT2D eigenvalue weighted by Gasteiger charge is 2.32. The van der Waals surface area contributed by atoms with E-state index in [1.54, 1.807) is 18.2 Å². The number of benzene rings is 3. The predicted molar refractivity (Wildman–Crippen MR) is 147 cm³/mol. The molecule has 4 rings (SSSR count). The van der Waals surface area contributed by atoms with Crippen molar-refractivity contribution < 1.29 is 27.5 Å². The van der Waals surface area contributed by atoms with Gasteiger partial charge < -0.3 is 10.1 Å². The summed E-state index contributed by atoms with van der Waals surface area (Å²) in [6.07, 6.45) is -0.866. The molecular weight excluding hydrogens is 525 g/mol. The molecule has 0 aliphatic carbocycles. The van der Waals surface area contributed by atoms with Gasteiger partial charge in [0.15, 0.2) is 0 Å². The summed E-state index contributed by atoms with van der Waals surface area (Å²) in [5.74, 6) is 0.0378. The first-order chi connectivity index (χ1) is 18.7. The van der Waals surface area contributed by atoms with Gasteiger partial charge in [-0.05, 0) is 66.9 Å². The quantitative estimate of drug-likeness (QED) is 0.224. The van der Waals surface area contributed by atoms with Gasteiger partial charge in [0.25, 0.3) is 5.91 Å². The fraction of sp³-hybridized carbons (Fsp3) is 0.267. The summed E-state index contributed by atoms with van der Waals surface area (Å²) >= 11 is 1.22. The lowest BCUT2D eigenvalue weighted by atomic mass is 10.1. The number of amides is 2. The molecule has 3 aromatic carbocycles. The van der Waals surface area contributed by atoms with Crippen LogP contribution in [0.5, 0.6) is 5.75 Å². The minimum absolute atomic E-state index is 0.205. The second-order valence-corrected chi connectivity index (χ2v) is 10.2. The molecule has 1 heterocycles. The standard InChI is InChI=1S/C30H29F3N2O3S/c1-3-4-17-38-24-15-11-22(12-16-24)20(2)34-28(36)19-35-25-7-5-6-8-26(25)39-27(29(35)37)18-21-9-13-23(14-10-21)30(31,32)33/h5-16,18,20H,3-4,17,19H2,1-2H3,(H,34,36)/b27-18-/t20-/m0/s1. The molecule has 5 nitrogen and oxygen atoms in total. The molecule has 1 aliphatic rings. The van der Waals surface area contributed by atoms with Crippen LogP contribution in [0.3, 0.4) is 0 Å². The zero-order valence-electron chi connectivity index (χ0n) is 21.6. The van der Waals surface area contributed by atoms with Crippen LogP contribution in [0.15, 0.2) is 82.6 Å². The Kier molecular flexibility index (Phi) is 9.01. The summed E-state index contributed by atoms with van der Waals surface area (Å²) in [4.78, 5) is 28.9. The Morgan fingerprint density at radius 3 is 2.41 bits per heavy atom. The number of anilines is 1. The van der Waals surface area contributed by atoms with Crippen molar-refractivity contribution in [1.82, 2.24) is 5.32 Å². The van der Waals surface area contributed by atoms with Gasteiger partial charge >= 0.3 is 6.18 Å². The first-order valence-electron chi connectivity index (χ1n) is 12.7. The first-order valence-corrected chi connectivity index (χ1v) is 13.5. The van der Waals surface area contributed by atoms with Crippen LogP contribution in [-0.4, -0.2) is 25.0 Å². The molecule has 1 atom stereocenters. The largest absolute Gasteiger partial charge is 0.494 e. The zero-order valence-corrected chi connectivity index (χ0v) is 22.4. The molecule has 0 saturated heterocycles. The number of hydrogen-bond acceptors (Lipinski definition) is 4. The highest BCUT2D eigenvalue weighted by molar-refractivity contribution is 8.04. The maximum atomic E-state index is 13.4. The van der Waals surface area contributed by atoms with Gasteiger partial charge in [-0.1, -0.05) is 61.5 Å². The number of hydrogen-bond donors (Lipinski definition) is 1. The summed E-state index contributed by atoms with van der Waals surface area (Å²) < 4.78 is 44.5. The van der Waals surface area contributed by atoms with E-state index in [-0.39, 0.29) is 18.5 Å². The Bertz CT molecular complexity index is 1340. The summed E-state index contributed by atoms with van der Waals surface area (Å²) in [6.45, 7) is 4.41. The third-order valence-corrected chi connectivity index (χ3v) is 7.27. The van der Waals surface area contributed by atoms with Crippen molar-refractivity contribution in [3.05, 3.63) is 94.4 Å². The van der Waals surface area contributed by atoms with Gasteiger partial charge in [0.1, 0.15) is 12.3 Å². The molecule has 39 heavy (non-hydrogen) atoms. The lowest BCUT2D eigenvalue weighted by molar-refractivity contribution is -0.137. The fourth-order valence-electron chi connectivity index (χ4n) is 4.04. The summed E-state index contributed by atoms with van der Waals surface area (Å²) in [5, 5.41) is 2.95. The van der Waals surface area contributed by atoms with Gasteiger partial charge in [-0.25, -0.2) is 0 Å². The monoisotopic (exact) mass is 554 g/mol. The minimum Gasteiger partial charge on any atom is -0.494 e. The van der Waals surface area contributed by atoms with Crippen molar-refractivity contribution in [2.24, 2.45) is 0 Å². The number of fused-ring (bicyclic) bond motifs is 1. The van der Waals surface area contributed by atoms with E-state index in [2.05, 4.69) is 12.2 Å². The Hall–Kier alpha value is -3.72. The van der Waals surface area contributed by atoms with E-state index in [1.165, 1.54) is 28.8 Å². The molecule has 0 unspecified atom stereocenters. The molecule has 0 spiro atoms. The van der Waals surface area contributed by atoms with Crippen LogP contribution >= 0.6 is 11.8 Å². The van der Waals surface area contributed by atoms with Gasteiger partial charge in [0.05, 0.1) is 28.8 Å². The Morgan fingerprint density at radius 1 is 1.05 bits per heavy atom. The van der Waals surface area contributed by atoms with Crippen molar-refractivity contribution >= 4 is 35.3 Å². The van der Waals surface area contributed by atoms with E-state index >= 15 is 0 Å². The summed E-state index contributed by atoms with van der Waals surface area (Å²) in [5.41, 5.74) is 1.20. The van der Waals surface area contributed by atoms with Crippen molar-refractivity contribution in [2.75, 3.05) is 18.1 Å². The van der Waals surface area contributed by atoms with Gasteiger partial charge in [0, 0.05) is 4.90 Å². The number of carbonyl (C=O) groups is 2. The van der Waals surface area contributed by atoms with Crippen LogP contribution in [0.1, 0.15) is 49.4 Å². The number of halogens is 3. The number of thioether (sulfide) groups is 1. The van der Waals surface area contributed by atoms with Crippen molar-refractivity contribution in [3.63, 3.8) is 0 Å². The Morgan fingerprint density at radius 2 is 1.74 bits per heavy atom. The van der Waals surface area contributed by atoms with E-state index in [9.17, 15) is 22.8 Å². The number of carbonyl (C=O) groups excluding carboxylic acids is 2.